The lowest BCUT2D eigenvalue weighted by Crippen LogP contribution is -2.18. The van der Waals surface area contributed by atoms with Gasteiger partial charge in [-0.3, -0.25) is 9.78 Å². The summed E-state index contributed by atoms with van der Waals surface area (Å²) in [6.07, 6.45) is 3.18. The fourth-order valence-electron chi connectivity index (χ4n) is 4.60. The first-order valence-electron chi connectivity index (χ1n) is 11.4. The van der Waals surface area contributed by atoms with Gasteiger partial charge in [-0.15, -0.1) is 0 Å². The first-order valence-corrected chi connectivity index (χ1v) is 11.4. The van der Waals surface area contributed by atoms with E-state index in [0.29, 0.717) is 37.1 Å². The largest absolute Gasteiger partial charge is 0.508 e. The molecular weight excluding hydrogens is 405 g/mol. The van der Waals surface area contributed by atoms with Crippen molar-refractivity contribution in [3.05, 3.63) is 59.0 Å². The average Bonchev–Trinajstić information content (AvgIpc) is 2.78. The van der Waals surface area contributed by atoms with Crippen LogP contribution in [0, 0.1) is 18.7 Å². The molecule has 1 atom stereocenters. The molecule has 1 aliphatic rings. The number of hydrogen-bond donors (Lipinski definition) is 1. The number of aromatic hydroxyl groups is 1. The minimum Gasteiger partial charge on any atom is -0.508 e. The summed E-state index contributed by atoms with van der Waals surface area (Å²) in [5.41, 5.74) is 5.44. The Bertz CT molecular complexity index is 1150. The van der Waals surface area contributed by atoms with Crippen LogP contribution in [-0.4, -0.2) is 29.1 Å². The highest BCUT2D eigenvalue weighted by Crippen LogP contribution is 2.42. The second kappa shape index (κ2) is 9.37. The number of benzene rings is 2. The van der Waals surface area contributed by atoms with Crippen LogP contribution in [-0.2, 0) is 16.0 Å². The van der Waals surface area contributed by atoms with Gasteiger partial charge in [-0.05, 0) is 92.0 Å². The Morgan fingerprint density at radius 3 is 2.66 bits per heavy atom. The number of fused-ring (bicyclic) bond motifs is 1. The number of nitrogens with zero attached hydrogens (tertiary/aromatic N) is 1. The molecule has 1 fully saturated rings. The van der Waals surface area contributed by atoms with Gasteiger partial charge in [-0.1, -0.05) is 13.0 Å². The standard InChI is InChI=1S/C27H30FNO3/c1-16(18(3)30)4-9-24-27(19-10-12-32-13-11-19)26(20-5-8-23(28)17(2)14-20)22-7-6-21(31)15-25(22)29-24/h5-8,14-16,19,31H,4,9-13H2,1-3H3. The van der Waals surface area contributed by atoms with Crippen molar-refractivity contribution in [3.63, 3.8) is 0 Å². The van der Waals surface area contributed by atoms with E-state index in [1.54, 1.807) is 26.0 Å². The zero-order chi connectivity index (χ0) is 22.8. The molecule has 2 aromatic carbocycles. The van der Waals surface area contributed by atoms with Crippen LogP contribution in [0.3, 0.4) is 0 Å². The van der Waals surface area contributed by atoms with Gasteiger partial charge in [0.25, 0.3) is 0 Å². The number of carbonyl (C=O) groups excluding carboxylic acids is 1. The van der Waals surface area contributed by atoms with Crippen LogP contribution in [0.4, 0.5) is 4.39 Å². The molecule has 4 rings (SSSR count). The minimum absolute atomic E-state index is 0.0456. The fraction of sp³-hybridized carbons (Fsp3) is 0.407. The highest BCUT2D eigenvalue weighted by Gasteiger charge is 2.26. The maximum absolute atomic E-state index is 14.1. The summed E-state index contributed by atoms with van der Waals surface area (Å²) in [6, 6.07) is 10.5. The lowest BCUT2D eigenvalue weighted by molar-refractivity contribution is -0.120. The first-order chi connectivity index (χ1) is 15.3. The number of ether oxygens (including phenoxy) is 1. The maximum Gasteiger partial charge on any atom is 0.132 e. The third-order valence-corrected chi connectivity index (χ3v) is 6.67. The Hall–Kier alpha value is -2.79. The van der Waals surface area contributed by atoms with Crippen LogP contribution >= 0.6 is 0 Å². The average molecular weight is 436 g/mol. The molecule has 1 aromatic heterocycles. The fourth-order valence-corrected chi connectivity index (χ4v) is 4.60. The van der Waals surface area contributed by atoms with Crippen molar-refractivity contribution in [2.75, 3.05) is 13.2 Å². The van der Waals surface area contributed by atoms with Gasteiger partial charge < -0.3 is 9.84 Å². The van der Waals surface area contributed by atoms with E-state index in [1.807, 2.05) is 25.1 Å². The summed E-state index contributed by atoms with van der Waals surface area (Å²) in [5.74, 6) is 0.333. The Labute approximate surface area is 188 Å². The van der Waals surface area contributed by atoms with Crippen molar-refractivity contribution in [1.82, 2.24) is 4.98 Å². The number of halogens is 1. The van der Waals surface area contributed by atoms with Crippen molar-refractivity contribution >= 4 is 16.7 Å². The van der Waals surface area contributed by atoms with Crippen molar-refractivity contribution in [2.24, 2.45) is 5.92 Å². The number of hydrogen-bond acceptors (Lipinski definition) is 4. The van der Waals surface area contributed by atoms with E-state index in [0.717, 1.165) is 35.0 Å². The number of phenols is 1. The van der Waals surface area contributed by atoms with Crippen LogP contribution in [0.15, 0.2) is 36.4 Å². The maximum atomic E-state index is 14.1. The molecule has 1 saturated heterocycles. The Balaban J connectivity index is 1.97. The summed E-state index contributed by atoms with van der Waals surface area (Å²) < 4.78 is 19.7. The molecule has 0 amide bonds. The predicted molar refractivity (Wildman–Crippen MR) is 124 cm³/mol. The topological polar surface area (TPSA) is 59.4 Å². The van der Waals surface area contributed by atoms with Crippen LogP contribution in [0.2, 0.25) is 0 Å². The molecule has 0 saturated carbocycles. The molecule has 1 aliphatic heterocycles. The van der Waals surface area contributed by atoms with E-state index in [-0.39, 0.29) is 29.2 Å². The van der Waals surface area contributed by atoms with E-state index in [1.165, 1.54) is 11.6 Å². The summed E-state index contributed by atoms with van der Waals surface area (Å²) in [5, 5.41) is 11.1. The molecule has 0 radical (unpaired) electrons. The van der Waals surface area contributed by atoms with E-state index < -0.39 is 0 Å². The quantitative estimate of drug-likeness (QED) is 0.508. The summed E-state index contributed by atoms with van der Waals surface area (Å²) in [4.78, 5) is 16.8. The van der Waals surface area contributed by atoms with Gasteiger partial charge in [0.2, 0.25) is 0 Å². The Morgan fingerprint density at radius 2 is 1.97 bits per heavy atom. The normalized spacial score (nSPS) is 15.8. The Kier molecular flexibility index (Phi) is 6.56. The lowest BCUT2D eigenvalue weighted by atomic mass is 9.81. The lowest BCUT2D eigenvalue weighted by Gasteiger charge is -2.28. The Morgan fingerprint density at radius 1 is 1.22 bits per heavy atom. The molecule has 3 aromatic rings. The van der Waals surface area contributed by atoms with Gasteiger partial charge in [0.05, 0.1) is 5.52 Å². The number of pyridine rings is 1. The third kappa shape index (κ3) is 4.53. The molecule has 4 nitrogen and oxygen atoms in total. The summed E-state index contributed by atoms with van der Waals surface area (Å²) >= 11 is 0. The molecule has 1 unspecified atom stereocenters. The highest BCUT2D eigenvalue weighted by molar-refractivity contribution is 5.97. The molecule has 2 heterocycles. The van der Waals surface area contributed by atoms with E-state index in [2.05, 4.69) is 0 Å². The second-order valence-electron chi connectivity index (χ2n) is 8.95. The third-order valence-electron chi connectivity index (χ3n) is 6.67. The molecule has 32 heavy (non-hydrogen) atoms. The van der Waals surface area contributed by atoms with Crippen LogP contribution in [0.25, 0.3) is 22.0 Å². The predicted octanol–water partition coefficient (Wildman–Crippen LogP) is 6.11. The van der Waals surface area contributed by atoms with Crippen molar-refractivity contribution < 1.29 is 19.0 Å². The minimum atomic E-state index is -0.229. The molecule has 1 N–H and O–H groups in total. The zero-order valence-electron chi connectivity index (χ0n) is 19.0. The van der Waals surface area contributed by atoms with Gasteiger partial charge in [0, 0.05) is 36.3 Å². The van der Waals surface area contributed by atoms with E-state index >= 15 is 0 Å². The molecule has 0 bridgehead atoms. The van der Waals surface area contributed by atoms with Crippen molar-refractivity contribution in [3.8, 4) is 16.9 Å². The van der Waals surface area contributed by atoms with E-state index in [9.17, 15) is 14.3 Å². The highest BCUT2D eigenvalue weighted by atomic mass is 19.1. The molecule has 168 valence electrons. The smallest absolute Gasteiger partial charge is 0.132 e. The second-order valence-corrected chi connectivity index (χ2v) is 8.95. The van der Waals surface area contributed by atoms with Crippen LogP contribution in [0.5, 0.6) is 5.75 Å². The van der Waals surface area contributed by atoms with Crippen molar-refractivity contribution in [1.29, 1.82) is 0 Å². The molecule has 5 heteroatoms. The van der Waals surface area contributed by atoms with Gasteiger partial charge in [-0.2, -0.15) is 0 Å². The SMILES string of the molecule is CC(=O)C(C)CCc1nc2cc(O)ccc2c(-c2ccc(F)c(C)c2)c1C1CCOCC1. The molecular formula is C27H30FNO3. The summed E-state index contributed by atoms with van der Waals surface area (Å²) in [6.45, 7) is 6.75. The van der Waals surface area contributed by atoms with Gasteiger partial charge in [0.1, 0.15) is 17.3 Å². The zero-order valence-corrected chi connectivity index (χ0v) is 19.0. The van der Waals surface area contributed by atoms with Crippen molar-refractivity contribution in [2.45, 2.75) is 52.4 Å². The van der Waals surface area contributed by atoms with Crippen LogP contribution < -0.4 is 0 Å². The van der Waals surface area contributed by atoms with Gasteiger partial charge >= 0.3 is 0 Å². The number of Topliss-reactive ketones (excluding diaryl/α,β-unsaturated/α-hetero) is 1. The van der Waals surface area contributed by atoms with Gasteiger partial charge in [-0.25, -0.2) is 4.39 Å². The number of aryl methyl sites for hydroxylation is 2. The van der Waals surface area contributed by atoms with Gasteiger partial charge in [0.15, 0.2) is 0 Å². The molecule has 0 aliphatic carbocycles. The number of ketones is 1. The van der Waals surface area contributed by atoms with E-state index in [4.69, 9.17) is 9.72 Å². The number of phenolic OH excluding ortho intramolecular Hbond substituents is 1. The molecule has 0 spiro atoms. The first kappa shape index (κ1) is 22.4. The number of carbonyl (C=O) groups is 1. The van der Waals surface area contributed by atoms with Crippen LogP contribution in [0.1, 0.15) is 55.8 Å². The number of aromatic nitrogens is 1. The summed E-state index contributed by atoms with van der Waals surface area (Å²) in [7, 11) is 0. The monoisotopic (exact) mass is 435 g/mol. The number of rotatable bonds is 6.